The third kappa shape index (κ3) is 3.22. The largest absolute Gasteiger partial charge is 0.345 e. The Balaban J connectivity index is 1.85. The summed E-state index contributed by atoms with van der Waals surface area (Å²) >= 11 is 1.60. The number of hydrogen-bond donors (Lipinski definition) is 2. The lowest BCUT2D eigenvalue weighted by Crippen LogP contribution is -2.20. The second-order valence-electron chi connectivity index (χ2n) is 3.35. The Bertz CT molecular complexity index is 517. The van der Waals surface area contributed by atoms with Crippen LogP contribution in [-0.2, 0) is 11.3 Å². The molecule has 88 valence electrons. The average Bonchev–Trinajstić information content (AvgIpc) is 2.95. The summed E-state index contributed by atoms with van der Waals surface area (Å²) in [6.45, 7) is 2.27. The molecule has 0 aliphatic heterocycles. The van der Waals surface area contributed by atoms with Crippen molar-refractivity contribution in [1.29, 1.82) is 0 Å². The van der Waals surface area contributed by atoms with Gasteiger partial charge in [-0.1, -0.05) is 5.21 Å². The molecule has 0 radical (unpaired) electrons. The maximum Gasteiger partial charge on any atom is 0.244 e. The van der Waals surface area contributed by atoms with E-state index in [0.717, 1.165) is 10.4 Å². The van der Waals surface area contributed by atoms with Crippen LogP contribution in [-0.4, -0.2) is 26.5 Å². The van der Waals surface area contributed by atoms with Crippen LogP contribution in [0.1, 0.15) is 16.3 Å². The molecule has 1 amide bonds. The molecule has 2 rings (SSSR count). The van der Waals surface area contributed by atoms with Crippen LogP contribution in [0.15, 0.2) is 17.5 Å². The predicted octanol–water partition coefficient (Wildman–Crippen LogP) is 0.899. The number of aromatic amines is 1. The van der Waals surface area contributed by atoms with Crippen molar-refractivity contribution < 1.29 is 4.79 Å². The van der Waals surface area contributed by atoms with Gasteiger partial charge in [-0.2, -0.15) is 5.21 Å². The molecule has 6 nitrogen and oxygen atoms in total. The third-order valence-corrected chi connectivity index (χ3v) is 3.08. The molecule has 0 fully saturated rings. The van der Waals surface area contributed by atoms with E-state index in [-0.39, 0.29) is 12.5 Å². The van der Waals surface area contributed by atoms with Gasteiger partial charge < -0.3 is 5.32 Å². The second kappa shape index (κ2) is 5.35. The minimum atomic E-state index is -0.178. The molecule has 0 aliphatic carbocycles. The zero-order valence-electron chi connectivity index (χ0n) is 9.17. The normalized spacial score (nSPS) is 10.9. The first-order valence-corrected chi connectivity index (χ1v) is 5.86. The molecular formula is C10H11N5OS. The van der Waals surface area contributed by atoms with Gasteiger partial charge in [0.1, 0.15) is 0 Å². The number of hydrogen-bond acceptors (Lipinski definition) is 5. The molecule has 7 heteroatoms. The van der Waals surface area contributed by atoms with Gasteiger partial charge in [0.25, 0.3) is 0 Å². The highest BCUT2D eigenvalue weighted by molar-refractivity contribution is 7.11. The molecule has 0 saturated carbocycles. The first-order valence-electron chi connectivity index (χ1n) is 4.98. The summed E-state index contributed by atoms with van der Waals surface area (Å²) in [5.74, 6) is 0.279. The highest BCUT2D eigenvalue weighted by Crippen LogP contribution is 2.16. The van der Waals surface area contributed by atoms with E-state index in [2.05, 4.69) is 25.9 Å². The highest BCUT2D eigenvalue weighted by atomic mass is 32.1. The summed E-state index contributed by atoms with van der Waals surface area (Å²) in [5.41, 5.74) is 1.16. The Morgan fingerprint density at radius 2 is 2.53 bits per heavy atom. The van der Waals surface area contributed by atoms with Crippen molar-refractivity contribution in [3.05, 3.63) is 33.8 Å². The number of carbonyl (C=O) groups is 1. The Hall–Kier alpha value is -2.02. The first-order chi connectivity index (χ1) is 8.25. The van der Waals surface area contributed by atoms with E-state index in [9.17, 15) is 4.79 Å². The maximum absolute atomic E-state index is 11.5. The van der Waals surface area contributed by atoms with Crippen molar-refractivity contribution in [3.63, 3.8) is 0 Å². The molecular weight excluding hydrogens is 238 g/mol. The lowest BCUT2D eigenvalue weighted by Gasteiger charge is -1.96. The monoisotopic (exact) mass is 249 g/mol. The van der Waals surface area contributed by atoms with Crippen LogP contribution in [0.4, 0.5) is 0 Å². The number of nitrogens with one attached hydrogen (secondary N) is 2. The van der Waals surface area contributed by atoms with Crippen molar-refractivity contribution in [2.45, 2.75) is 13.5 Å². The van der Waals surface area contributed by atoms with Crippen molar-refractivity contribution in [3.8, 4) is 0 Å². The van der Waals surface area contributed by atoms with Gasteiger partial charge in [-0.15, -0.1) is 21.5 Å². The summed E-state index contributed by atoms with van der Waals surface area (Å²) in [4.78, 5) is 12.5. The van der Waals surface area contributed by atoms with Gasteiger partial charge in [0, 0.05) is 11.0 Å². The summed E-state index contributed by atoms with van der Waals surface area (Å²) in [6.07, 6.45) is 3.30. The van der Waals surface area contributed by atoms with Gasteiger partial charge in [-0.25, -0.2) is 0 Å². The number of thiophene rings is 1. The van der Waals surface area contributed by atoms with Gasteiger partial charge >= 0.3 is 0 Å². The summed E-state index contributed by atoms with van der Waals surface area (Å²) in [7, 11) is 0. The molecule has 2 aromatic heterocycles. The minimum Gasteiger partial charge on any atom is -0.345 e. The minimum absolute atomic E-state index is 0.178. The van der Waals surface area contributed by atoms with E-state index in [1.54, 1.807) is 17.4 Å². The van der Waals surface area contributed by atoms with Crippen molar-refractivity contribution in [2.75, 3.05) is 0 Å². The molecule has 0 unspecified atom stereocenters. The molecule has 17 heavy (non-hydrogen) atoms. The highest BCUT2D eigenvalue weighted by Gasteiger charge is 2.01. The van der Waals surface area contributed by atoms with Crippen LogP contribution in [0.2, 0.25) is 0 Å². The molecule has 2 N–H and O–H groups in total. The van der Waals surface area contributed by atoms with Crippen LogP contribution in [0, 0.1) is 6.92 Å². The number of nitrogens with zero attached hydrogens (tertiary/aromatic N) is 3. The van der Waals surface area contributed by atoms with E-state index in [4.69, 9.17) is 0 Å². The Morgan fingerprint density at radius 1 is 1.65 bits per heavy atom. The van der Waals surface area contributed by atoms with Crippen LogP contribution in [0.3, 0.4) is 0 Å². The molecule has 2 aromatic rings. The summed E-state index contributed by atoms with van der Waals surface area (Å²) in [5, 5.41) is 17.8. The quantitative estimate of drug-likeness (QED) is 0.788. The first kappa shape index (κ1) is 11.5. The van der Waals surface area contributed by atoms with Gasteiger partial charge in [0.2, 0.25) is 5.91 Å². The third-order valence-electron chi connectivity index (χ3n) is 2.10. The molecule has 2 heterocycles. The molecule has 0 bridgehead atoms. The van der Waals surface area contributed by atoms with E-state index in [0.29, 0.717) is 5.82 Å². The zero-order chi connectivity index (χ0) is 12.1. The Labute approximate surface area is 102 Å². The van der Waals surface area contributed by atoms with Gasteiger partial charge in [0.15, 0.2) is 5.82 Å². The van der Waals surface area contributed by atoms with E-state index >= 15 is 0 Å². The van der Waals surface area contributed by atoms with Gasteiger partial charge in [0.05, 0.1) is 6.54 Å². The number of rotatable bonds is 4. The molecule has 0 spiro atoms. The van der Waals surface area contributed by atoms with Crippen molar-refractivity contribution in [2.24, 2.45) is 0 Å². The summed E-state index contributed by atoms with van der Waals surface area (Å²) in [6, 6.07) is 2.02. The average molecular weight is 249 g/mol. The number of tetrazole rings is 1. The summed E-state index contributed by atoms with van der Waals surface area (Å²) < 4.78 is 0. The number of aryl methyl sites for hydroxylation is 1. The predicted molar refractivity (Wildman–Crippen MR) is 64.1 cm³/mol. The van der Waals surface area contributed by atoms with Crippen molar-refractivity contribution >= 4 is 23.3 Å². The Kier molecular flexibility index (Phi) is 3.61. The SMILES string of the molecule is Cc1ccsc1C=CC(=O)NCc1nn[nH]n1. The lowest BCUT2D eigenvalue weighted by atomic mass is 10.3. The number of aromatic nitrogens is 4. The maximum atomic E-state index is 11.5. The van der Waals surface area contributed by atoms with Crippen molar-refractivity contribution in [1.82, 2.24) is 25.9 Å². The second-order valence-corrected chi connectivity index (χ2v) is 4.29. The topological polar surface area (TPSA) is 83.6 Å². The van der Waals surface area contributed by atoms with E-state index in [1.165, 1.54) is 6.08 Å². The number of H-pyrrole nitrogens is 1. The zero-order valence-corrected chi connectivity index (χ0v) is 9.99. The van der Waals surface area contributed by atoms with Gasteiger partial charge in [-0.3, -0.25) is 4.79 Å². The molecule has 0 aromatic carbocycles. The van der Waals surface area contributed by atoms with Crippen LogP contribution < -0.4 is 5.32 Å². The fourth-order valence-electron chi connectivity index (χ4n) is 1.19. The standard InChI is InChI=1S/C10H11N5OS/c1-7-4-5-17-8(7)2-3-10(16)11-6-9-12-14-15-13-9/h2-5H,6H2,1H3,(H,11,16)(H,12,13,14,15). The number of amides is 1. The smallest absolute Gasteiger partial charge is 0.244 e. The van der Waals surface area contributed by atoms with E-state index < -0.39 is 0 Å². The fourth-order valence-corrected chi connectivity index (χ4v) is 2.01. The molecule has 0 saturated heterocycles. The lowest BCUT2D eigenvalue weighted by molar-refractivity contribution is -0.116. The van der Waals surface area contributed by atoms with Crippen LogP contribution in [0.25, 0.3) is 6.08 Å². The van der Waals surface area contributed by atoms with Crippen LogP contribution >= 0.6 is 11.3 Å². The number of carbonyl (C=O) groups excluding carboxylic acids is 1. The molecule has 0 atom stereocenters. The molecule has 0 aliphatic rings. The van der Waals surface area contributed by atoms with Crippen LogP contribution in [0.5, 0.6) is 0 Å². The Morgan fingerprint density at radius 3 is 3.18 bits per heavy atom. The fraction of sp³-hybridized carbons (Fsp3) is 0.200. The van der Waals surface area contributed by atoms with Gasteiger partial charge in [-0.05, 0) is 30.0 Å². The van der Waals surface area contributed by atoms with E-state index in [1.807, 2.05) is 18.4 Å².